The summed E-state index contributed by atoms with van der Waals surface area (Å²) in [5.41, 5.74) is 0.831. The fourth-order valence-corrected chi connectivity index (χ4v) is 3.00. The average molecular weight is 331 g/mol. The van der Waals surface area contributed by atoms with Crippen molar-refractivity contribution in [3.8, 4) is 0 Å². The maximum Gasteiger partial charge on any atom is 0.242 e. The molecule has 7 heteroatoms. The zero-order chi connectivity index (χ0) is 16.2. The van der Waals surface area contributed by atoms with Crippen LogP contribution in [0.5, 0.6) is 0 Å². The summed E-state index contributed by atoms with van der Waals surface area (Å²) in [6, 6.07) is 9.57. The van der Waals surface area contributed by atoms with Gasteiger partial charge in [0.15, 0.2) is 5.17 Å². The summed E-state index contributed by atoms with van der Waals surface area (Å²) >= 11 is 1.35. The first kappa shape index (κ1) is 15.5. The van der Waals surface area contributed by atoms with Crippen LogP contribution in [0, 0.1) is 5.82 Å². The second-order valence-corrected chi connectivity index (χ2v) is 6.26. The van der Waals surface area contributed by atoms with E-state index in [1.807, 2.05) is 6.92 Å². The highest BCUT2D eigenvalue weighted by Crippen LogP contribution is 2.28. The van der Waals surface area contributed by atoms with Crippen molar-refractivity contribution in [2.45, 2.75) is 18.7 Å². The molecule has 2 heterocycles. The van der Waals surface area contributed by atoms with Crippen molar-refractivity contribution in [2.24, 2.45) is 10.2 Å². The van der Waals surface area contributed by atoms with Crippen LogP contribution in [-0.4, -0.2) is 27.4 Å². The van der Waals surface area contributed by atoms with Gasteiger partial charge in [0, 0.05) is 0 Å². The van der Waals surface area contributed by atoms with Gasteiger partial charge in [-0.15, -0.1) is 5.10 Å². The lowest BCUT2D eigenvalue weighted by molar-refractivity contribution is -0.126. The summed E-state index contributed by atoms with van der Waals surface area (Å²) in [6.45, 7) is 2.16. The summed E-state index contributed by atoms with van der Waals surface area (Å²) in [6.07, 6.45) is 3.03. The molecule has 0 radical (unpaired) electrons. The van der Waals surface area contributed by atoms with Crippen molar-refractivity contribution in [1.29, 1.82) is 0 Å². The number of furan rings is 1. The van der Waals surface area contributed by atoms with E-state index in [0.717, 1.165) is 5.56 Å². The molecule has 1 aliphatic heterocycles. The van der Waals surface area contributed by atoms with Crippen LogP contribution in [-0.2, 0) is 11.3 Å². The molecule has 118 valence electrons. The van der Waals surface area contributed by atoms with Crippen molar-refractivity contribution < 1.29 is 13.6 Å². The smallest absolute Gasteiger partial charge is 0.242 e. The minimum Gasteiger partial charge on any atom is -0.463 e. The molecule has 5 nitrogen and oxygen atoms in total. The fraction of sp³-hybridized carbons (Fsp3) is 0.188. The molecule has 0 N–H and O–H groups in total. The van der Waals surface area contributed by atoms with Crippen LogP contribution in [0.15, 0.2) is 57.3 Å². The predicted octanol–water partition coefficient (Wildman–Crippen LogP) is 3.27. The lowest BCUT2D eigenvalue weighted by Gasteiger charge is -2.15. The molecule has 0 aliphatic carbocycles. The van der Waals surface area contributed by atoms with Gasteiger partial charge in [-0.3, -0.25) is 9.69 Å². The molecule has 1 amide bonds. The number of rotatable bonds is 4. The van der Waals surface area contributed by atoms with Crippen LogP contribution in [0.25, 0.3) is 0 Å². The SMILES string of the molecule is C[C@H]1S/C(=N\N=C/c2ccco2)N(Cc2ccc(F)cc2)C1=O. The normalized spacial score (nSPS) is 20.1. The summed E-state index contributed by atoms with van der Waals surface area (Å²) in [5.74, 6) is 0.245. The number of amidine groups is 1. The van der Waals surface area contributed by atoms with Gasteiger partial charge in [0.25, 0.3) is 0 Å². The maximum absolute atomic E-state index is 13.0. The molecule has 0 bridgehead atoms. The monoisotopic (exact) mass is 331 g/mol. The predicted molar refractivity (Wildman–Crippen MR) is 87.7 cm³/mol. The number of halogens is 1. The van der Waals surface area contributed by atoms with Crippen LogP contribution in [0.3, 0.4) is 0 Å². The Kier molecular flexibility index (Phi) is 4.57. The molecule has 1 aromatic carbocycles. The first-order valence-corrected chi connectivity index (χ1v) is 7.88. The topological polar surface area (TPSA) is 58.2 Å². The highest BCUT2D eigenvalue weighted by atomic mass is 32.2. The van der Waals surface area contributed by atoms with Crippen molar-refractivity contribution in [3.05, 3.63) is 59.8 Å². The quantitative estimate of drug-likeness (QED) is 0.638. The molecule has 1 atom stereocenters. The minimum absolute atomic E-state index is 0.0359. The van der Waals surface area contributed by atoms with E-state index in [0.29, 0.717) is 17.5 Å². The van der Waals surface area contributed by atoms with E-state index < -0.39 is 0 Å². The molecule has 3 rings (SSSR count). The van der Waals surface area contributed by atoms with E-state index in [4.69, 9.17) is 4.42 Å². The highest BCUT2D eigenvalue weighted by Gasteiger charge is 2.35. The van der Waals surface area contributed by atoms with Crippen LogP contribution in [0.4, 0.5) is 4.39 Å². The van der Waals surface area contributed by atoms with E-state index in [2.05, 4.69) is 10.2 Å². The molecule has 1 fully saturated rings. The lowest BCUT2D eigenvalue weighted by Crippen LogP contribution is -2.30. The van der Waals surface area contributed by atoms with Gasteiger partial charge in [-0.2, -0.15) is 5.10 Å². The molecule has 1 aromatic heterocycles. The first-order chi connectivity index (χ1) is 11.1. The van der Waals surface area contributed by atoms with E-state index in [-0.39, 0.29) is 17.0 Å². The first-order valence-electron chi connectivity index (χ1n) is 7.00. The second-order valence-electron chi connectivity index (χ2n) is 4.95. The summed E-state index contributed by atoms with van der Waals surface area (Å²) in [4.78, 5) is 13.8. The van der Waals surface area contributed by atoms with E-state index >= 15 is 0 Å². The Bertz CT molecular complexity index is 741. The molecule has 1 saturated heterocycles. The number of carbonyl (C=O) groups is 1. The molecule has 0 unspecified atom stereocenters. The molecule has 1 aliphatic rings. The van der Waals surface area contributed by atoms with Crippen LogP contribution in [0.2, 0.25) is 0 Å². The van der Waals surface area contributed by atoms with Crippen molar-refractivity contribution in [3.63, 3.8) is 0 Å². The number of amides is 1. The maximum atomic E-state index is 13.0. The Labute approximate surface area is 136 Å². The summed E-state index contributed by atoms with van der Waals surface area (Å²) in [5, 5.41) is 8.39. The molecular weight excluding hydrogens is 317 g/mol. The van der Waals surface area contributed by atoms with Crippen LogP contribution < -0.4 is 0 Å². The Morgan fingerprint density at radius 2 is 2.13 bits per heavy atom. The van der Waals surface area contributed by atoms with Gasteiger partial charge in [-0.25, -0.2) is 4.39 Å². The van der Waals surface area contributed by atoms with Gasteiger partial charge >= 0.3 is 0 Å². The molecule has 2 aromatic rings. The third kappa shape index (κ3) is 3.68. The van der Waals surface area contributed by atoms with Gasteiger partial charge < -0.3 is 4.42 Å². The molecule has 0 spiro atoms. The van der Waals surface area contributed by atoms with E-state index in [1.165, 1.54) is 30.1 Å². The van der Waals surface area contributed by atoms with E-state index in [1.54, 1.807) is 35.4 Å². The summed E-state index contributed by atoms with van der Waals surface area (Å²) in [7, 11) is 0. The lowest BCUT2D eigenvalue weighted by atomic mass is 10.2. The van der Waals surface area contributed by atoms with Crippen LogP contribution >= 0.6 is 11.8 Å². The zero-order valence-electron chi connectivity index (χ0n) is 12.3. The van der Waals surface area contributed by atoms with Gasteiger partial charge in [-0.05, 0) is 36.8 Å². The second kappa shape index (κ2) is 6.78. The third-order valence-corrected chi connectivity index (χ3v) is 4.32. The van der Waals surface area contributed by atoms with Gasteiger partial charge in [-0.1, -0.05) is 23.9 Å². The number of benzene rings is 1. The van der Waals surface area contributed by atoms with Gasteiger partial charge in [0.05, 0.1) is 24.3 Å². The third-order valence-electron chi connectivity index (χ3n) is 3.25. The summed E-state index contributed by atoms with van der Waals surface area (Å²) < 4.78 is 18.1. The minimum atomic E-state index is -0.304. The number of hydrogen-bond donors (Lipinski definition) is 0. The van der Waals surface area contributed by atoms with Gasteiger partial charge in [0.1, 0.15) is 11.6 Å². The number of nitrogens with zero attached hydrogens (tertiary/aromatic N) is 3. The van der Waals surface area contributed by atoms with Crippen LogP contribution in [0.1, 0.15) is 18.2 Å². The zero-order valence-corrected chi connectivity index (χ0v) is 13.2. The molecular formula is C16H14FN3O2S. The molecule has 23 heavy (non-hydrogen) atoms. The standard InChI is InChI=1S/C16H14FN3O2S/c1-11-15(21)20(10-12-4-6-13(17)7-5-12)16(23-11)19-18-9-14-3-2-8-22-14/h2-9,11H,10H2,1H3/b18-9-,19-16-/t11-/m1/s1. The van der Waals surface area contributed by atoms with Crippen molar-refractivity contribution >= 4 is 29.1 Å². The number of carbonyl (C=O) groups excluding carboxylic acids is 1. The largest absolute Gasteiger partial charge is 0.463 e. The van der Waals surface area contributed by atoms with Crippen molar-refractivity contribution in [1.82, 2.24) is 4.90 Å². The fourth-order valence-electron chi connectivity index (χ4n) is 2.08. The Balaban J connectivity index is 1.77. The average Bonchev–Trinajstić information content (AvgIpc) is 3.14. The highest BCUT2D eigenvalue weighted by molar-refractivity contribution is 8.15. The van der Waals surface area contributed by atoms with Crippen molar-refractivity contribution in [2.75, 3.05) is 0 Å². The Morgan fingerprint density at radius 1 is 1.35 bits per heavy atom. The number of hydrogen-bond acceptors (Lipinski definition) is 5. The molecule has 0 saturated carbocycles. The Hall–Kier alpha value is -2.41. The number of thioether (sulfide) groups is 1. The van der Waals surface area contributed by atoms with Gasteiger partial charge in [0.2, 0.25) is 5.91 Å². The Morgan fingerprint density at radius 3 is 2.83 bits per heavy atom. The van der Waals surface area contributed by atoms with E-state index in [9.17, 15) is 9.18 Å².